The first-order valence-electron chi connectivity index (χ1n) is 14.5. The van der Waals surface area contributed by atoms with E-state index in [1.807, 2.05) is 59.5 Å². The fourth-order valence-electron chi connectivity index (χ4n) is 5.51. The Balaban J connectivity index is 1.32. The summed E-state index contributed by atoms with van der Waals surface area (Å²) in [6, 6.07) is 23.6. The van der Waals surface area contributed by atoms with Crippen molar-refractivity contribution < 1.29 is 19.0 Å². The summed E-state index contributed by atoms with van der Waals surface area (Å²) in [5.41, 5.74) is 5.08. The number of carbonyl (C=O) groups is 1. The van der Waals surface area contributed by atoms with Gasteiger partial charge >= 0.3 is 0 Å². The van der Waals surface area contributed by atoms with Crippen molar-refractivity contribution in [2.24, 2.45) is 0 Å². The second kappa shape index (κ2) is 13.5. The Labute approximate surface area is 237 Å². The number of nitrogens with one attached hydrogen (secondary N) is 1. The molecule has 0 radical (unpaired) electrons. The quantitative estimate of drug-likeness (QED) is 0.179. The second-order valence-electron chi connectivity index (χ2n) is 10.5. The predicted octanol–water partition coefficient (Wildman–Crippen LogP) is 7.48. The van der Waals surface area contributed by atoms with Gasteiger partial charge in [-0.25, -0.2) is 0 Å². The summed E-state index contributed by atoms with van der Waals surface area (Å²) in [5.74, 6) is 1.63. The average Bonchev–Trinajstić information content (AvgIpc) is 3.37. The molecule has 1 atom stereocenters. The highest BCUT2D eigenvalue weighted by molar-refractivity contribution is 5.95. The summed E-state index contributed by atoms with van der Waals surface area (Å²) in [7, 11) is 1.69. The van der Waals surface area contributed by atoms with Gasteiger partial charge in [-0.15, -0.1) is 0 Å². The lowest BCUT2D eigenvalue weighted by atomic mass is 9.96. The SMILES string of the molecule is CCCCCCCOc1ccc(C(=O)N2CCc3c([nH]c4ccc(OC)cc34)C2COCc2ccccc2)cc1. The van der Waals surface area contributed by atoms with E-state index in [0.29, 0.717) is 31.9 Å². The Kier molecular flexibility index (Phi) is 9.40. The lowest BCUT2D eigenvalue weighted by Crippen LogP contribution is -2.42. The largest absolute Gasteiger partial charge is 0.497 e. The van der Waals surface area contributed by atoms with Crippen LogP contribution in [-0.4, -0.2) is 42.7 Å². The number of carbonyl (C=O) groups excluding carboxylic acids is 1. The van der Waals surface area contributed by atoms with E-state index in [1.165, 1.54) is 31.2 Å². The number of rotatable bonds is 13. The normalized spacial score (nSPS) is 14.8. The summed E-state index contributed by atoms with van der Waals surface area (Å²) < 4.78 is 17.6. The highest BCUT2D eigenvalue weighted by Gasteiger charge is 2.34. The summed E-state index contributed by atoms with van der Waals surface area (Å²) >= 11 is 0. The molecule has 6 nitrogen and oxygen atoms in total. The molecule has 40 heavy (non-hydrogen) atoms. The van der Waals surface area contributed by atoms with E-state index < -0.39 is 0 Å². The van der Waals surface area contributed by atoms with E-state index in [9.17, 15) is 4.79 Å². The van der Waals surface area contributed by atoms with E-state index in [-0.39, 0.29) is 11.9 Å². The molecule has 4 aromatic rings. The second-order valence-corrected chi connectivity index (χ2v) is 10.5. The van der Waals surface area contributed by atoms with Crippen LogP contribution in [0.4, 0.5) is 0 Å². The molecule has 6 heteroatoms. The molecule has 210 valence electrons. The van der Waals surface area contributed by atoms with Crippen molar-refractivity contribution in [1.29, 1.82) is 0 Å². The summed E-state index contributed by atoms with van der Waals surface area (Å²) in [6.07, 6.45) is 6.78. The van der Waals surface area contributed by atoms with Crippen molar-refractivity contribution in [3.05, 3.63) is 95.2 Å². The molecule has 2 heterocycles. The molecule has 1 amide bonds. The lowest BCUT2D eigenvalue weighted by molar-refractivity contribution is 0.0339. The average molecular weight is 541 g/mol. The van der Waals surface area contributed by atoms with Gasteiger partial charge in [0.1, 0.15) is 11.5 Å². The van der Waals surface area contributed by atoms with Gasteiger partial charge in [-0.1, -0.05) is 62.9 Å². The lowest BCUT2D eigenvalue weighted by Gasteiger charge is -2.36. The Morgan fingerprint density at radius 3 is 2.50 bits per heavy atom. The number of aromatic nitrogens is 1. The van der Waals surface area contributed by atoms with Crippen molar-refractivity contribution in [1.82, 2.24) is 9.88 Å². The third kappa shape index (κ3) is 6.50. The number of benzene rings is 3. The number of aromatic amines is 1. The van der Waals surface area contributed by atoms with Crippen LogP contribution in [0.5, 0.6) is 11.5 Å². The topological polar surface area (TPSA) is 63.8 Å². The van der Waals surface area contributed by atoms with E-state index in [1.54, 1.807) is 7.11 Å². The van der Waals surface area contributed by atoms with Gasteiger partial charge in [-0.05, 0) is 66.4 Å². The first-order chi connectivity index (χ1) is 19.7. The van der Waals surface area contributed by atoms with Crippen LogP contribution in [0.1, 0.15) is 72.2 Å². The molecule has 1 N–H and O–H groups in total. The fraction of sp³-hybridized carbons (Fsp3) is 0.382. The van der Waals surface area contributed by atoms with Crippen molar-refractivity contribution >= 4 is 16.8 Å². The summed E-state index contributed by atoms with van der Waals surface area (Å²) in [5, 5.41) is 1.14. The van der Waals surface area contributed by atoms with Crippen LogP contribution < -0.4 is 9.47 Å². The number of amides is 1. The minimum absolute atomic E-state index is 0.00122. The number of fused-ring (bicyclic) bond motifs is 3. The molecule has 0 saturated heterocycles. The van der Waals surface area contributed by atoms with Crippen molar-refractivity contribution in [3.8, 4) is 11.5 Å². The highest BCUT2D eigenvalue weighted by Crippen LogP contribution is 2.37. The number of H-pyrrole nitrogens is 1. The number of unbranched alkanes of at least 4 members (excludes halogenated alkanes) is 4. The molecule has 1 aliphatic heterocycles. The molecule has 0 spiro atoms. The number of nitrogens with zero attached hydrogens (tertiary/aromatic N) is 1. The molecule has 0 aliphatic carbocycles. The van der Waals surface area contributed by atoms with Crippen LogP contribution in [0.2, 0.25) is 0 Å². The van der Waals surface area contributed by atoms with E-state index in [2.05, 4.69) is 30.1 Å². The van der Waals surface area contributed by atoms with Gasteiger partial charge in [0.05, 0.1) is 33.0 Å². The maximum atomic E-state index is 13.8. The van der Waals surface area contributed by atoms with Gasteiger partial charge in [0.25, 0.3) is 5.91 Å². The maximum absolute atomic E-state index is 13.8. The van der Waals surface area contributed by atoms with Gasteiger partial charge in [0, 0.05) is 28.7 Å². The van der Waals surface area contributed by atoms with Gasteiger partial charge < -0.3 is 24.1 Å². The molecule has 5 rings (SSSR count). The van der Waals surface area contributed by atoms with Gasteiger partial charge in [0.15, 0.2) is 0 Å². The summed E-state index contributed by atoms with van der Waals surface area (Å²) in [6.45, 7) is 4.44. The van der Waals surface area contributed by atoms with Crippen molar-refractivity contribution in [2.45, 2.75) is 58.1 Å². The molecule has 0 bridgehead atoms. The number of hydrogen-bond acceptors (Lipinski definition) is 4. The monoisotopic (exact) mass is 540 g/mol. The standard InChI is InChI=1S/C34H40N2O4/c1-3-4-5-6-10-21-40-27-15-13-26(14-16-27)34(37)36-20-19-29-30-22-28(38-2)17-18-31(30)35-33(29)32(36)24-39-23-25-11-8-7-9-12-25/h7-9,11-18,22,32,35H,3-6,10,19-21,23-24H2,1-2H3. The fourth-order valence-corrected chi connectivity index (χ4v) is 5.51. The first-order valence-corrected chi connectivity index (χ1v) is 14.5. The Morgan fingerprint density at radius 2 is 1.73 bits per heavy atom. The first kappa shape index (κ1) is 27.8. The maximum Gasteiger partial charge on any atom is 0.254 e. The van der Waals surface area contributed by atoms with Crippen LogP contribution >= 0.6 is 0 Å². The smallest absolute Gasteiger partial charge is 0.254 e. The zero-order chi connectivity index (χ0) is 27.7. The van der Waals surface area contributed by atoms with Crippen LogP contribution in [0.25, 0.3) is 10.9 Å². The summed E-state index contributed by atoms with van der Waals surface area (Å²) in [4.78, 5) is 19.4. The van der Waals surface area contributed by atoms with Crippen molar-refractivity contribution in [2.75, 3.05) is 26.9 Å². The van der Waals surface area contributed by atoms with E-state index in [4.69, 9.17) is 14.2 Å². The minimum Gasteiger partial charge on any atom is -0.497 e. The van der Waals surface area contributed by atoms with Gasteiger partial charge in [-0.2, -0.15) is 0 Å². The van der Waals surface area contributed by atoms with Crippen LogP contribution in [0, 0.1) is 0 Å². The molecule has 0 fully saturated rings. The number of methoxy groups -OCH3 is 1. The van der Waals surface area contributed by atoms with E-state index >= 15 is 0 Å². The zero-order valence-electron chi connectivity index (χ0n) is 23.7. The molecule has 0 saturated carbocycles. The molecular weight excluding hydrogens is 500 g/mol. The molecule has 1 aromatic heterocycles. The molecule has 1 unspecified atom stereocenters. The van der Waals surface area contributed by atoms with Gasteiger partial charge in [-0.3, -0.25) is 4.79 Å². The number of ether oxygens (including phenoxy) is 3. The third-order valence-electron chi connectivity index (χ3n) is 7.72. The molecular formula is C34H40N2O4. The van der Waals surface area contributed by atoms with Crippen LogP contribution in [0.15, 0.2) is 72.8 Å². The molecule has 1 aliphatic rings. The van der Waals surface area contributed by atoms with Gasteiger partial charge in [0.2, 0.25) is 0 Å². The van der Waals surface area contributed by atoms with Crippen molar-refractivity contribution in [3.63, 3.8) is 0 Å². The Bertz CT molecular complexity index is 1380. The highest BCUT2D eigenvalue weighted by atomic mass is 16.5. The Hall–Kier alpha value is -3.77. The minimum atomic E-state index is -0.225. The third-order valence-corrected chi connectivity index (χ3v) is 7.72. The Morgan fingerprint density at radius 1 is 0.950 bits per heavy atom. The van der Waals surface area contributed by atoms with Crippen LogP contribution in [0.3, 0.4) is 0 Å². The van der Waals surface area contributed by atoms with Crippen LogP contribution in [-0.2, 0) is 17.8 Å². The molecule has 3 aromatic carbocycles. The number of hydrogen-bond donors (Lipinski definition) is 1. The van der Waals surface area contributed by atoms with E-state index in [0.717, 1.165) is 46.5 Å². The zero-order valence-corrected chi connectivity index (χ0v) is 23.7. The predicted molar refractivity (Wildman–Crippen MR) is 159 cm³/mol.